The maximum absolute atomic E-state index is 13.3. The first kappa shape index (κ1) is 13.9. The van der Waals surface area contributed by atoms with Crippen molar-refractivity contribution in [2.75, 3.05) is 6.61 Å². The summed E-state index contributed by atoms with van der Waals surface area (Å²) in [6, 6.07) is 13.3. The van der Waals surface area contributed by atoms with Gasteiger partial charge in [-0.05, 0) is 42.8 Å². The first-order valence-corrected chi connectivity index (χ1v) is 6.26. The third-order valence-corrected chi connectivity index (χ3v) is 2.61. The van der Waals surface area contributed by atoms with Crippen LogP contribution < -0.4 is 9.47 Å². The Morgan fingerprint density at radius 1 is 1.10 bits per heavy atom. The number of hydrogen-bond donors (Lipinski definition) is 0. The van der Waals surface area contributed by atoms with Crippen LogP contribution in [0.4, 0.5) is 4.39 Å². The summed E-state index contributed by atoms with van der Waals surface area (Å²) in [6.07, 6.45) is 0. The zero-order valence-corrected chi connectivity index (χ0v) is 11.1. The van der Waals surface area contributed by atoms with E-state index >= 15 is 0 Å². The van der Waals surface area contributed by atoms with Gasteiger partial charge < -0.3 is 9.47 Å². The first-order valence-electron chi connectivity index (χ1n) is 6.26. The third kappa shape index (κ3) is 3.72. The minimum absolute atomic E-state index is 0.196. The van der Waals surface area contributed by atoms with Gasteiger partial charge in [0, 0.05) is 6.07 Å². The fourth-order valence-corrected chi connectivity index (χ4v) is 1.79. The van der Waals surface area contributed by atoms with Gasteiger partial charge in [-0.3, -0.25) is 0 Å². The Morgan fingerprint density at radius 2 is 1.85 bits per heavy atom. The largest absolute Gasteiger partial charge is 0.494 e. The van der Waals surface area contributed by atoms with Crippen molar-refractivity contribution in [2.24, 2.45) is 0 Å². The number of hydrogen-bond acceptors (Lipinski definition) is 3. The number of benzene rings is 2. The average Bonchev–Trinajstić information content (AvgIpc) is 2.45. The fourth-order valence-electron chi connectivity index (χ4n) is 1.79. The van der Waals surface area contributed by atoms with Crippen LogP contribution in [0.5, 0.6) is 11.5 Å². The second-order valence-electron chi connectivity index (χ2n) is 4.16. The molecule has 0 atom stereocenters. The van der Waals surface area contributed by atoms with Crippen molar-refractivity contribution in [1.82, 2.24) is 0 Å². The minimum Gasteiger partial charge on any atom is -0.494 e. The predicted octanol–water partition coefficient (Wildman–Crippen LogP) is 3.68. The van der Waals surface area contributed by atoms with E-state index in [1.54, 1.807) is 18.2 Å². The Hall–Kier alpha value is -2.54. The topological polar surface area (TPSA) is 42.2 Å². The van der Waals surface area contributed by atoms with Gasteiger partial charge in [-0.25, -0.2) is 4.39 Å². The summed E-state index contributed by atoms with van der Waals surface area (Å²) < 4.78 is 24.2. The lowest BCUT2D eigenvalue weighted by Gasteiger charge is -2.09. The van der Waals surface area contributed by atoms with E-state index in [1.165, 1.54) is 12.1 Å². The Kier molecular flexibility index (Phi) is 4.56. The van der Waals surface area contributed by atoms with E-state index in [4.69, 9.17) is 14.7 Å². The van der Waals surface area contributed by atoms with Crippen LogP contribution in [0.2, 0.25) is 0 Å². The van der Waals surface area contributed by atoms with E-state index in [-0.39, 0.29) is 12.2 Å². The highest BCUT2D eigenvalue weighted by Gasteiger charge is 2.03. The van der Waals surface area contributed by atoms with Gasteiger partial charge in [-0.1, -0.05) is 6.07 Å². The molecule has 2 aromatic rings. The van der Waals surface area contributed by atoms with Crippen LogP contribution in [0.1, 0.15) is 18.1 Å². The van der Waals surface area contributed by atoms with Crippen molar-refractivity contribution in [2.45, 2.75) is 13.5 Å². The molecule has 2 aromatic carbocycles. The minimum atomic E-state index is -0.439. The lowest BCUT2D eigenvalue weighted by Crippen LogP contribution is -1.98. The number of rotatable bonds is 5. The molecule has 0 heterocycles. The summed E-state index contributed by atoms with van der Waals surface area (Å²) in [4.78, 5) is 0. The second-order valence-corrected chi connectivity index (χ2v) is 4.16. The zero-order valence-electron chi connectivity index (χ0n) is 11.1. The number of nitrogens with zero attached hydrogens (tertiary/aromatic N) is 1. The Morgan fingerprint density at radius 3 is 2.55 bits per heavy atom. The molecule has 0 aliphatic rings. The van der Waals surface area contributed by atoms with Crippen molar-refractivity contribution in [3.63, 3.8) is 0 Å². The van der Waals surface area contributed by atoms with E-state index in [0.717, 1.165) is 5.75 Å². The Bertz CT molecular complexity index is 635. The van der Waals surface area contributed by atoms with Crippen molar-refractivity contribution >= 4 is 0 Å². The molecule has 0 spiro atoms. The summed E-state index contributed by atoms with van der Waals surface area (Å²) in [5.41, 5.74) is 0.898. The molecule has 0 aromatic heterocycles. The summed E-state index contributed by atoms with van der Waals surface area (Å²) in [5, 5.41) is 8.79. The van der Waals surface area contributed by atoms with Crippen LogP contribution >= 0.6 is 0 Å². The van der Waals surface area contributed by atoms with Crippen molar-refractivity contribution in [3.8, 4) is 17.6 Å². The van der Waals surface area contributed by atoms with Gasteiger partial charge in [0.2, 0.25) is 0 Å². The summed E-state index contributed by atoms with van der Waals surface area (Å²) in [7, 11) is 0. The summed E-state index contributed by atoms with van der Waals surface area (Å²) in [5.74, 6) is 0.923. The Labute approximate surface area is 117 Å². The molecule has 102 valence electrons. The second kappa shape index (κ2) is 6.58. The van der Waals surface area contributed by atoms with Crippen LogP contribution in [-0.2, 0) is 6.61 Å². The molecule has 0 aliphatic heterocycles. The summed E-state index contributed by atoms with van der Waals surface area (Å²) >= 11 is 0. The first-order chi connectivity index (χ1) is 9.71. The molecule has 0 N–H and O–H groups in total. The fraction of sp³-hybridized carbons (Fsp3) is 0.188. The molecule has 0 saturated heterocycles. The highest BCUT2D eigenvalue weighted by molar-refractivity contribution is 5.35. The smallest absolute Gasteiger partial charge is 0.124 e. The highest BCUT2D eigenvalue weighted by atomic mass is 19.1. The van der Waals surface area contributed by atoms with Crippen LogP contribution in [0.15, 0.2) is 42.5 Å². The molecule has 0 amide bonds. The lowest BCUT2D eigenvalue weighted by atomic mass is 10.1. The van der Waals surface area contributed by atoms with E-state index in [1.807, 2.05) is 25.1 Å². The van der Waals surface area contributed by atoms with E-state index in [2.05, 4.69) is 0 Å². The summed E-state index contributed by atoms with van der Waals surface area (Å²) in [6.45, 7) is 2.69. The SMILES string of the molecule is CCOc1cccc(OCc2cc(F)cc(C#N)c2)c1. The molecule has 0 bridgehead atoms. The van der Waals surface area contributed by atoms with Gasteiger partial charge >= 0.3 is 0 Å². The monoisotopic (exact) mass is 271 g/mol. The van der Waals surface area contributed by atoms with Gasteiger partial charge in [-0.15, -0.1) is 0 Å². The van der Waals surface area contributed by atoms with Gasteiger partial charge in [0.05, 0.1) is 18.2 Å². The average molecular weight is 271 g/mol. The molecule has 0 unspecified atom stereocenters. The zero-order chi connectivity index (χ0) is 14.4. The van der Waals surface area contributed by atoms with Crippen molar-refractivity contribution in [1.29, 1.82) is 5.26 Å². The van der Waals surface area contributed by atoms with Crippen molar-refractivity contribution < 1.29 is 13.9 Å². The Balaban J connectivity index is 2.07. The van der Waals surface area contributed by atoms with Crippen LogP contribution in [0.3, 0.4) is 0 Å². The van der Waals surface area contributed by atoms with Crippen LogP contribution in [0.25, 0.3) is 0 Å². The molecule has 0 saturated carbocycles. The molecule has 0 radical (unpaired) electrons. The number of nitriles is 1. The number of halogens is 1. The molecule has 0 aliphatic carbocycles. The maximum atomic E-state index is 13.3. The van der Waals surface area contributed by atoms with Gasteiger partial charge in [0.15, 0.2) is 0 Å². The molecular formula is C16H14FNO2. The van der Waals surface area contributed by atoms with Crippen LogP contribution in [0, 0.1) is 17.1 Å². The highest BCUT2D eigenvalue weighted by Crippen LogP contribution is 2.20. The lowest BCUT2D eigenvalue weighted by molar-refractivity contribution is 0.299. The normalized spacial score (nSPS) is 9.85. The van der Waals surface area contributed by atoms with E-state index < -0.39 is 5.82 Å². The van der Waals surface area contributed by atoms with E-state index in [0.29, 0.717) is 17.9 Å². The molecule has 2 rings (SSSR count). The molecule has 4 heteroatoms. The predicted molar refractivity (Wildman–Crippen MR) is 73.1 cm³/mol. The van der Waals surface area contributed by atoms with Gasteiger partial charge in [0.1, 0.15) is 23.9 Å². The molecule has 0 fully saturated rings. The van der Waals surface area contributed by atoms with Crippen LogP contribution in [-0.4, -0.2) is 6.61 Å². The number of ether oxygens (including phenoxy) is 2. The van der Waals surface area contributed by atoms with Gasteiger partial charge in [-0.2, -0.15) is 5.26 Å². The maximum Gasteiger partial charge on any atom is 0.124 e. The van der Waals surface area contributed by atoms with E-state index in [9.17, 15) is 4.39 Å². The quantitative estimate of drug-likeness (QED) is 0.833. The van der Waals surface area contributed by atoms with Gasteiger partial charge in [0.25, 0.3) is 0 Å². The molecule has 3 nitrogen and oxygen atoms in total. The standard InChI is InChI=1S/C16H14FNO2/c1-2-19-15-4-3-5-16(9-15)20-11-13-6-12(10-18)7-14(17)8-13/h3-9H,2,11H2,1H3. The molecule has 20 heavy (non-hydrogen) atoms. The third-order valence-electron chi connectivity index (χ3n) is 2.61. The van der Waals surface area contributed by atoms with Crippen molar-refractivity contribution in [3.05, 3.63) is 59.4 Å². The molecular weight excluding hydrogens is 257 g/mol.